The number of aliphatic hydroxyl groups is 2. The average Bonchev–Trinajstić information content (AvgIpc) is 2.60. The van der Waals surface area contributed by atoms with Crippen molar-refractivity contribution >= 4 is 17.8 Å². The fraction of sp³-hybridized carbons (Fsp3) is 0.667. The first-order valence-corrected chi connectivity index (χ1v) is 7.23. The highest BCUT2D eigenvalue weighted by molar-refractivity contribution is 7.97. The van der Waals surface area contributed by atoms with Crippen molar-refractivity contribution in [2.45, 2.75) is 32.2 Å². The molecule has 1 aromatic heterocycles. The Bertz CT molecular complexity index is 534. The van der Waals surface area contributed by atoms with Gasteiger partial charge in [0, 0.05) is 17.4 Å². The molecule has 0 amide bonds. The number of nitrogen functional groups attached to an aromatic ring is 1. The van der Waals surface area contributed by atoms with Crippen LogP contribution in [0.15, 0.2) is 17.1 Å². The second kappa shape index (κ2) is 5.72. The van der Waals surface area contributed by atoms with Gasteiger partial charge in [0.25, 0.3) is 0 Å². The van der Waals surface area contributed by atoms with Crippen LogP contribution in [0.1, 0.15) is 13.8 Å². The fourth-order valence-electron chi connectivity index (χ4n) is 2.18. The summed E-state index contributed by atoms with van der Waals surface area (Å²) in [6, 6.07) is 1.54. The maximum Gasteiger partial charge on any atom is 0.359 e. The lowest BCUT2D eigenvalue weighted by Crippen LogP contribution is -2.37. The lowest BCUT2D eigenvalue weighted by atomic mass is 9.82. The highest BCUT2D eigenvalue weighted by Crippen LogP contribution is 2.39. The minimum atomic E-state index is -0.737. The van der Waals surface area contributed by atoms with Crippen LogP contribution in [-0.4, -0.2) is 49.8 Å². The third-order valence-corrected chi connectivity index (χ3v) is 4.63. The minimum absolute atomic E-state index is 0.181. The largest absolute Gasteiger partial charge is 0.394 e. The predicted octanol–water partition coefficient (Wildman–Crippen LogP) is -0.531. The summed E-state index contributed by atoms with van der Waals surface area (Å²) in [6.07, 6.45) is -0.0441. The third kappa shape index (κ3) is 2.83. The second-order valence-electron chi connectivity index (χ2n) is 5.37. The van der Waals surface area contributed by atoms with Gasteiger partial charge in [-0.3, -0.25) is 0 Å². The van der Waals surface area contributed by atoms with E-state index in [9.17, 15) is 15.0 Å². The molecule has 1 saturated heterocycles. The molecule has 4 N–H and O–H groups in total. The van der Waals surface area contributed by atoms with E-state index in [-0.39, 0.29) is 18.5 Å². The molecular weight excluding hydrogens is 282 g/mol. The summed E-state index contributed by atoms with van der Waals surface area (Å²) < 4.78 is 7.01. The van der Waals surface area contributed by atoms with Crippen LogP contribution in [0.4, 0.5) is 5.82 Å². The molecular formula is C12H19N3O4S. The number of nitrogens with two attached hydrogens (primary N) is 1. The number of aliphatic hydroxyl groups excluding tert-OH is 2. The SMILES string of the molecule is CC1(C)C(CSn2ccc(N)nc2=O)O[C@H](CO)[C@H]1O. The van der Waals surface area contributed by atoms with Crippen LogP contribution >= 0.6 is 11.9 Å². The van der Waals surface area contributed by atoms with Crippen LogP contribution in [0.2, 0.25) is 0 Å². The van der Waals surface area contributed by atoms with Crippen LogP contribution in [0.3, 0.4) is 0 Å². The summed E-state index contributed by atoms with van der Waals surface area (Å²) in [7, 11) is 0. The Hall–Kier alpha value is -1.09. The quantitative estimate of drug-likeness (QED) is 0.685. The topological polar surface area (TPSA) is 111 Å². The zero-order chi connectivity index (χ0) is 14.9. The Morgan fingerprint density at radius 3 is 2.85 bits per heavy atom. The third-order valence-electron chi connectivity index (χ3n) is 3.62. The van der Waals surface area contributed by atoms with Gasteiger partial charge in [-0.1, -0.05) is 13.8 Å². The zero-order valence-electron chi connectivity index (χ0n) is 11.4. The Kier molecular flexibility index (Phi) is 4.38. The van der Waals surface area contributed by atoms with Gasteiger partial charge in [-0.15, -0.1) is 0 Å². The molecule has 20 heavy (non-hydrogen) atoms. The second-order valence-corrected chi connectivity index (χ2v) is 6.35. The Morgan fingerprint density at radius 2 is 2.30 bits per heavy atom. The van der Waals surface area contributed by atoms with Gasteiger partial charge in [0.05, 0.1) is 18.8 Å². The number of hydrogen-bond acceptors (Lipinski definition) is 7. The van der Waals surface area contributed by atoms with Gasteiger partial charge >= 0.3 is 5.69 Å². The molecule has 2 heterocycles. The first kappa shape index (κ1) is 15.3. The van der Waals surface area contributed by atoms with Gasteiger partial charge in [-0.2, -0.15) is 4.98 Å². The van der Waals surface area contributed by atoms with Crippen LogP contribution < -0.4 is 11.4 Å². The van der Waals surface area contributed by atoms with E-state index in [4.69, 9.17) is 10.5 Å². The molecule has 2 rings (SSSR count). The molecule has 0 aliphatic carbocycles. The van der Waals surface area contributed by atoms with Crippen LogP contribution in [-0.2, 0) is 4.74 Å². The lowest BCUT2D eigenvalue weighted by molar-refractivity contribution is -0.0161. The van der Waals surface area contributed by atoms with Gasteiger partial charge in [0.1, 0.15) is 11.9 Å². The van der Waals surface area contributed by atoms with Crippen molar-refractivity contribution in [2.24, 2.45) is 5.41 Å². The van der Waals surface area contributed by atoms with Crippen LogP contribution in [0.25, 0.3) is 0 Å². The Morgan fingerprint density at radius 1 is 1.60 bits per heavy atom. The van der Waals surface area contributed by atoms with Crippen molar-refractivity contribution in [1.29, 1.82) is 0 Å². The molecule has 1 aliphatic heterocycles. The molecule has 1 fully saturated rings. The Labute approximate surface area is 120 Å². The average molecular weight is 301 g/mol. The maximum absolute atomic E-state index is 11.6. The van der Waals surface area contributed by atoms with Crippen LogP contribution in [0.5, 0.6) is 0 Å². The van der Waals surface area contributed by atoms with Crippen molar-refractivity contribution in [3.8, 4) is 0 Å². The smallest absolute Gasteiger partial charge is 0.359 e. The van der Waals surface area contributed by atoms with Gasteiger partial charge < -0.3 is 20.7 Å². The van der Waals surface area contributed by atoms with Crippen molar-refractivity contribution in [3.05, 3.63) is 22.7 Å². The molecule has 0 spiro atoms. The zero-order valence-corrected chi connectivity index (χ0v) is 12.2. The fourth-order valence-corrected chi connectivity index (χ4v) is 3.28. The lowest BCUT2D eigenvalue weighted by Gasteiger charge is -2.27. The monoisotopic (exact) mass is 301 g/mol. The molecule has 3 atom stereocenters. The summed E-state index contributed by atoms with van der Waals surface area (Å²) in [4.78, 5) is 15.2. The number of aromatic nitrogens is 2. The van der Waals surface area contributed by atoms with E-state index >= 15 is 0 Å². The maximum atomic E-state index is 11.6. The van der Waals surface area contributed by atoms with E-state index in [0.29, 0.717) is 5.75 Å². The summed E-state index contributed by atoms with van der Waals surface area (Å²) in [5, 5.41) is 19.3. The first-order valence-electron chi connectivity index (χ1n) is 6.29. The minimum Gasteiger partial charge on any atom is -0.394 e. The number of rotatable bonds is 4. The molecule has 0 aromatic carbocycles. The molecule has 7 nitrogen and oxygen atoms in total. The van der Waals surface area contributed by atoms with Crippen LogP contribution in [0, 0.1) is 5.41 Å². The summed E-state index contributed by atoms with van der Waals surface area (Å²) in [6.45, 7) is 3.53. The molecule has 0 bridgehead atoms. The molecule has 1 unspecified atom stereocenters. The van der Waals surface area contributed by atoms with Crippen molar-refractivity contribution < 1.29 is 14.9 Å². The van der Waals surface area contributed by atoms with Gasteiger partial charge in [-0.05, 0) is 18.0 Å². The van der Waals surface area contributed by atoms with Crippen molar-refractivity contribution in [3.63, 3.8) is 0 Å². The molecule has 0 saturated carbocycles. The van der Waals surface area contributed by atoms with E-state index in [0.717, 1.165) is 0 Å². The first-order chi connectivity index (χ1) is 9.36. The van der Waals surface area contributed by atoms with Crippen molar-refractivity contribution in [2.75, 3.05) is 18.1 Å². The number of nitrogens with zero attached hydrogens (tertiary/aromatic N) is 2. The molecule has 8 heteroatoms. The van der Waals surface area contributed by atoms with E-state index in [2.05, 4.69) is 4.98 Å². The van der Waals surface area contributed by atoms with E-state index in [1.807, 2.05) is 13.8 Å². The van der Waals surface area contributed by atoms with Crippen molar-refractivity contribution in [1.82, 2.24) is 8.96 Å². The van der Waals surface area contributed by atoms with E-state index in [1.54, 1.807) is 12.3 Å². The summed E-state index contributed by atoms with van der Waals surface area (Å²) >= 11 is 1.24. The summed E-state index contributed by atoms with van der Waals surface area (Å²) in [5.41, 5.74) is 4.49. The van der Waals surface area contributed by atoms with E-state index < -0.39 is 23.3 Å². The highest BCUT2D eigenvalue weighted by atomic mass is 32.2. The highest BCUT2D eigenvalue weighted by Gasteiger charge is 2.49. The van der Waals surface area contributed by atoms with Gasteiger partial charge in [0.15, 0.2) is 0 Å². The molecule has 0 radical (unpaired) electrons. The van der Waals surface area contributed by atoms with E-state index in [1.165, 1.54) is 15.9 Å². The standard InChI is InChI=1S/C12H19N3O4S/c1-12(2)8(19-7(5-16)10(12)17)6-20-15-4-3-9(13)14-11(15)18/h3-4,7-8,10,16-17H,5-6H2,1-2H3,(H2,13,14,18)/t7-,8?,10-/m1/s1. The Balaban J connectivity index is 2.05. The van der Waals surface area contributed by atoms with Gasteiger partial charge in [0.2, 0.25) is 0 Å². The number of anilines is 1. The molecule has 112 valence electrons. The van der Waals surface area contributed by atoms with Gasteiger partial charge in [-0.25, -0.2) is 8.77 Å². The predicted molar refractivity (Wildman–Crippen MR) is 76.3 cm³/mol. The number of ether oxygens (including phenoxy) is 1. The molecule has 1 aliphatic rings. The summed E-state index contributed by atoms with van der Waals surface area (Å²) in [5.74, 6) is 0.645. The molecule has 1 aromatic rings. The number of hydrogen-bond donors (Lipinski definition) is 3. The normalized spacial score (nSPS) is 28.7.